The topological polar surface area (TPSA) is 334 Å². The van der Waals surface area contributed by atoms with E-state index >= 15 is 0 Å². The standard InChI is InChI=1S/C49H84O20P2/c1-3-5-7-8-9-10-11-12-13-14-15-16-17-18-19-20-22-27-42(54)65-33-37-34-66-71(63,64)69-49-47(59)46(58)44(56)39(31-36(51)26-23-24-28-43(55)67-37)41(53)32-40(52)38(30-29-35(50)25-21-6-4-2)45(57)48(49)68-70(60,61)62/h12-13,15-16,18-19,29-30,35,37-41,44-50,52-53,56-59H,3-11,14,17,20-28,31-34H2,1-2H3,(H,63,64)(H2,60,61,62)/b13-12-,16-15-,19-18-,30-29?/t35-,37+,38-,39-,40+,41-,44+,45+,46-,47+,48+,49-/m0/s1. The van der Waals surface area contributed by atoms with Gasteiger partial charge in [0, 0.05) is 43.9 Å². The van der Waals surface area contributed by atoms with E-state index in [0.717, 1.165) is 37.8 Å². The molecule has 1 unspecified atom stereocenters. The van der Waals surface area contributed by atoms with E-state index in [4.69, 9.17) is 23.0 Å². The fraction of sp³-hybridized carbons (Fsp3) is 0.776. The number of carbonyl (C=O) groups excluding carboxylic acids is 3. The number of fused-ring (bicyclic) bond motifs is 4. The number of aliphatic hydroxyl groups is 7. The average molecular weight is 1060 g/mol. The van der Waals surface area contributed by atoms with Crippen LogP contribution < -0.4 is 0 Å². The molecule has 1 saturated heterocycles. The maximum absolute atomic E-state index is 13.7. The molecule has 1 saturated carbocycles. The number of ether oxygens (including phenoxy) is 2. The number of Topliss-reactive ketones (excluding diaryl/α,β-unsaturated/α-hetero) is 1. The molecule has 13 atom stereocenters. The monoisotopic (exact) mass is 1050 g/mol. The lowest BCUT2D eigenvalue weighted by molar-refractivity contribution is -0.166. The molecule has 410 valence electrons. The fourth-order valence-electron chi connectivity index (χ4n) is 8.27. The summed E-state index contributed by atoms with van der Waals surface area (Å²) in [6, 6.07) is 0. The van der Waals surface area contributed by atoms with Gasteiger partial charge in [-0.1, -0.05) is 114 Å². The maximum atomic E-state index is 13.7. The van der Waals surface area contributed by atoms with E-state index in [9.17, 15) is 73.9 Å². The number of hydrogen-bond acceptors (Lipinski definition) is 17. The molecule has 2 fully saturated rings. The molecule has 1 heterocycles. The zero-order chi connectivity index (χ0) is 52.8. The summed E-state index contributed by atoms with van der Waals surface area (Å²) in [4.78, 5) is 70.0. The van der Waals surface area contributed by atoms with Crippen molar-refractivity contribution in [3.8, 4) is 0 Å². The first-order valence-corrected chi connectivity index (χ1v) is 28.4. The Morgan fingerprint density at radius 1 is 0.789 bits per heavy atom. The van der Waals surface area contributed by atoms with Gasteiger partial charge in [-0.15, -0.1) is 0 Å². The van der Waals surface area contributed by atoms with Crippen molar-refractivity contribution in [2.45, 2.75) is 216 Å². The highest BCUT2D eigenvalue weighted by Crippen LogP contribution is 2.50. The molecule has 1 aliphatic heterocycles. The molecule has 0 amide bonds. The average Bonchev–Trinajstić information content (AvgIpc) is 3.31. The first-order chi connectivity index (χ1) is 33.7. The Morgan fingerprint density at radius 3 is 2.06 bits per heavy atom. The number of cyclic esters (lactones) is 1. The predicted octanol–water partition coefficient (Wildman–Crippen LogP) is 5.62. The molecular weight excluding hydrogens is 970 g/mol. The van der Waals surface area contributed by atoms with Crippen LogP contribution in [0.3, 0.4) is 0 Å². The minimum atomic E-state index is -5.82. The molecule has 20 nitrogen and oxygen atoms in total. The third-order valence-electron chi connectivity index (χ3n) is 12.3. The minimum absolute atomic E-state index is 0.0433. The molecule has 71 heavy (non-hydrogen) atoms. The number of phosphoric ester groups is 2. The van der Waals surface area contributed by atoms with Crippen LogP contribution in [-0.4, -0.2) is 142 Å². The smallest absolute Gasteiger partial charge is 0.462 e. The highest BCUT2D eigenvalue weighted by atomic mass is 31.2. The number of allylic oxidation sites excluding steroid dienone is 6. The van der Waals surface area contributed by atoms with Gasteiger partial charge in [-0.05, 0) is 57.8 Å². The second kappa shape index (κ2) is 35.7. The van der Waals surface area contributed by atoms with Crippen LogP contribution in [-0.2, 0) is 46.6 Å². The predicted molar refractivity (Wildman–Crippen MR) is 262 cm³/mol. The van der Waals surface area contributed by atoms with Crippen LogP contribution in [0.15, 0.2) is 48.6 Å². The molecule has 1 aliphatic carbocycles. The van der Waals surface area contributed by atoms with Crippen LogP contribution in [0.25, 0.3) is 0 Å². The van der Waals surface area contributed by atoms with Gasteiger partial charge in [-0.3, -0.25) is 28.0 Å². The highest BCUT2D eigenvalue weighted by molar-refractivity contribution is 7.47. The molecule has 0 aromatic carbocycles. The summed E-state index contributed by atoms with van der Waals surface area (Å²) in [6.07, 6.45) is 4.27. The van der Waals surface area contributed by atoms with E-state index < -0.39 is 132 Å². The molecule has 0 aromatic heterocycles. The zero-order valence-corrected chi connectivity index (χ0v) is 43.3. The van der Waals surface area contributed by atoms with Crippen LogP contribution in [0.5, 0.6) is 0 Å². The number of unbranched alkanes of at least 4 members (excludes halogenated alkanes) is 9. The summed E-state index contributed by atoms with van der Waals surface area (Å²) < 4.78 is 52.0. The van der Waals surface area contributed by atoms with Crippen molar-refractivity contribution in [3.63, 3.8) is 0 Å². The molecular formula is C49H84O20P2. The van der Waals surface area contributed by atoms with Crippen molar-refractivity contribution in [2.75, 3.05) is 13.2 Å². The number of phosphoric acid groups is 2. The van der Waals surface area contributed by atoms with Crippen LogP contribution in [0, 0.1) is 11.8 Å². The highest BCUT2D eigenvalue weighted by Gasteiger charge is 2.52. The summed E-state index contributed by atoms with van der Waals surface area (Å²) in [6.45, 7) is 2.42. The van der Waals surface area contributed by atoms with Gasteiger partial charge >= 0.3 is 27.6 Å². The number of esters is 2. The summed E-state index contributed by atoms with van der Waals surface area (Å²) in [5, 5.41) is 79.6. The van der Waals surface area contributed by atoms with E-state index in [2.05, 4.69) is 31.2 Å². The van der Waals surface area contributed by atoms with Crippen LogP contribution in [0.1, 0.15) is 155 Å². The largest absolute Gasteiger partial charge is 0.472 e. The van der Waals surface area contributed by atoms with E-state index in [1.807, 2.05) is 19.1 Å². The molecule has 0 aromatic rings. The Kier molecular flexibility index (Phi) is 32.5. The van der Waals surface area contributed by atoms with E-state index in [0.29, 0.717) is 25.7 Å². The van der Waals surface area contributed by atoms with Gasteiger partial charge < -0.3 is 59.9 Å². The second-order valence-corrected chi connectivity index (χ2v) is 21.1. The van der Waals surface area contributed by atoms with Gasteiger partial charge in [0.1, 0.15) is 36.8 Å². The van der Waals surface area contributed by atoms with Crippen LogP contribution >= 0.6 is 15.6 Å². The lowest BCUT2D eigenvalue weighted by Crippen LogP contribution is -2.56. The molecule has 0 spiro atoms. The lowest BCUT2D eigenvalue weighted by atomic mass is 9.82. The molecule has 10 N–H and O–H groups in total. The Balaban J connectivity index is 2.31. The summed E-state index contributed by atoms with van der Waals surface area (Å²) >= 11 is 0. The van der Waals surface area contributed by atoms with Gasteiger partial charge in [0.15, 0.2) is 6.10 Å². The number of ketones is 1. The fourth-order valence-corrected chi connectivity index (χ4v) is 9.80. The quantitative estimate of drug-likeness (QED) is 0.0229. The Bertz CT molecular complexity index is 1730. The second-order valence-electron chi connectivity index (χ2n) is 18.5. The van der Waals surface area contributed by atoms with Crippen molar-refractivity contribution < 1.29 is 97.0 Å². The third-order valence-corrected chi connectivity index (χ3v) is 13.8. The van der Waals surface area contributed by atoms with Crippen molar-refractivity contribution in [1.82, 2.24) is 0 Å². The number of rotatable bonds is 25. The zero-order valence-electron chi connectivity index (χ0n) is 41.5. The third kappa shape index (κ3) is 27.6. The molecule has 2 rings (SSSR count). The first kappa shape index (κ1) is 64.6. The SMILES string of the molecule is CCCCCCCC/C=C\C/C=C\C/C=C\CCCC(=O)OC[C@@H]1COP(=O)(O)O[C@H]2[C@H](O)[C@@H](O)[C@H](O)[C@@H](CC(=O)CCCCC(=O)O1)[C@@H](O)C[C@@H](O)[C@H](C=C[C@@H](O)CCCCC)[C@@H](O)[C@H]2OP(=O)(O)O. The van der Waals surface area contributed by atoms with Gasteiger partial charge in [0.05, 0.1) is 37.1 Å². The number of aliphatic hydroxyl groups excluding tert-OH is 7. The van der Waals surface area contributed by atoms with E-state index in [1.54, 1.807) is 0 Å². The van der Waals surface area contributed by atoms with Gasteiger partial charge in [0.25, 0.3) is 0 Å². The Hall–Kier alpha value is -2.49. The van der Waals surface area contributed by atoms with Crippen molar-refractivity contribution >= 4 is 33.4 Å². The normalized spacial score (nSPS) is 31.0. The van der Waals surface area contributed by atoms with E-state index in [1.165, 1.54) is 38.5 Å². The lowest BCUT2D eigenvalue weighted by Gasteiger charge is -2.38. The minimum Gasteiger partial charge on any atom is -0.462 e. The molecule has 2 bridgehead atoms. The summed E-state index contributed by atoms with van der Waals surface area (Å²) in [5.41, 5.74) is 0. The van der Waals surface area contributed by atoms with Gasteiger partial charge in [-0.25, -0.2) is 9.13 Å². The van der Waals surface area contributed by atoms with Crippen LogP contribution in [0.2, 0.25) is 0 Å². The van der Waals surface area contributed by atoms with Crippen molar-refractivity contribution in [1.29, 1.82) is 0 Å². The Morgan fingerprint density at radius 2 is 1.39 bits per heavy atom. The summed E-state index contributed by atoms with van der Waals surface area (Å²) in [5.74, 6) is -5.64. The maximum Gasteiger partial charge on any atom is 0.472 e. The molecule has 2 aliphatic rings. The molecule has 22 heteroatoms. The van der Waals surface area contributed by atoms with Crippen molar-refractivity contribution in [3.05, 3.63) is 48.6 Å². The van der Waals surface area contributed by atoms with Gasteiger partial charge in [-0.2, -0.15) is 0 Å². The van der Waals surface area contributed by atoms with Crippen molar-refractivity contribution in [2.24, 2.45) is 11.8 Å². The number of hydrogen-bond donors (Lipinski definition) is 10. The van der Waals surface area contributed by atoms with E-state index in [-0.39, 0.29) is 38.5 Å². The number of carbonyl (C=O) groups is 3. The summed E-state index contributed by atoms with van der Waals surface area (Å²) in [7, 11) is -11.6. The Labute approximate surface area is 419 Å². The molecule has 0 radical (unpaired) electrons. The first-order valence-electron chi connectivity index (χ1n) is 25.4. The van der Waals surface area contributed by atoms with Crippen LogP contribution in [0.4, 0.5) is 0 Å². The van der Waals surface area contributed by atoms with Gasteiger partial charge in [0.2, 0.25) is 0 Å².